The SMILES string of the molecule is CC(C)C[C@@H](C(=O)N1C[C@]2(C[C@H]1C#N)C(=O)Nc1ccccc12)N(C)C(=O)C(=O)Nc1ccc2ncccc2c1. The van der Waals surface area contributed by atoms with Gasteiger partial charge in [-0.25, -0.2) is 0 Å². The van der Waals surface area contributed by atoms with Crippen molar-refractivity contribution in [1.82, 2.24) is 14.8 Å². The van der Waals surface area contributed by atoms with E-state index in [2.05, 4.69) is 21.7 Å². The lowest BCUT2D eigenvalue weighted by Gasteiger charge is -2.33. The van der Waals surface area contributed by atoms with Crippen LogP contribution in [0.5, 0.6) is 0 Å². The van der Waals surface area contributed by atoms with Gasteiger partial charge in [-0.1, -0.05) is 38.1 Å². The van der Waals surface area contributed by atoms with Gasteiger partial charge in [-0.3, -0.25) is 24.2 Å². The second-order valence-electron chi connectivity index (χ2n) is 10.8. The zero-order chi connectivity index (χ0) is 28.6. The third-order valence-corrected chi connectivity index (χ3v) is 7.74. The molecule has 5 rings (SSSR count). The van der Waals surface area contributed by atoms with Crippen molar-refractivity contribution < 1.29 is 19.2 Å². The first-order valence-corrected chi connectivity index (χ1v) is 13.2. The van der Waals surface area contributed by atoms with Crippen LogP contribution in [0.25, 0.3) is 10.9 Å². The molecule has 204 valence electrons. The molecule has 3 atom stereocenters. The molecule has 0 aliphatic carbocycles. The summed E-state index contributed by atoms with van der Waals surface area (Å²) in [6.07, 6.45) is 2.10. The number of aromatic nitrogens is 1. The van der Waals surface area contributed by atoms with Gasteiger partial charge in [0.2, 0.25) is 11.8 Å². The van der Waals surface area contributed by atoms with E-state index >= 15 is 0 Å². The number of carbonyl (C=O) groups excluding carboxylic acids is 4. The van der Waals surface area contributed by atoms with Crippen molar-refractivity contribution in [3.05, 3.63) is 66.4 Å². The molecule has 40 heavy (non-hydrogen) atoms. The largest absolute Gasteiger partial charge is 0.325 e. The Bertz CT molecular complexity index is 1560. The Balaban J connectivity index is 1.37. The number of para-hydroxylation sites is 1. The van der Waals surface area contributed by atoms with Crippen LogP contribution in [0.15, 0.2) is 60.8 Å². The number of likely N-dealkylation sites (tertiary alicyclic amines) is 1. The lowest BCUT2D eigenvalue weighted by molar-refractivity contribution is -0.149. The highest BCUT2D eigenvalue weighted by Gasteiger charge is 2.56. The average molecular weight is 539 g/mol. The summed E-state index contributed by atoms with van der Waals surface area (Å²) in [5, 5.41) is 16.3. The molecule has 3 heterocycles. The number of rotatable bonds is 5. The summed E-state index contributed by atoms with van der Waals surface area (Å²) >= 11 is 0. The second-order valence-corrected chi connectivity index (χ2v) is 10.8. The molecule has 4 amide bonds. The van der Waals surface area contributed by atoms with Gasteiger partial charge in [-0.15, -0.1) is 0 Å². The summed E-state index contributed by atoms with van der Waals surface area (Å²) in [4.78, 5) is 60.2. The molecular weight excluding hydrogens is 508 g/mol. The topological polar surface area (TPSA) is 136 Å². The van der Waals surface area contributed by atoms with Crippen LogP contribution in [0.4, 0.5) is 11.4 Å². The van der Waals surface area contributed by atoms with Gasteiger partial charge in [0.1, 0.15) is 12.1 Å². The number of nitrogens with zero attached hydrogens (tertiary/aromatic N) is 4. The molecule has 1 fully saturated rings. The monoisotopic (exact) mass is 538 g/mol. The third-order valence-electron chi connectivity index (χ3n) is 7.74. The van der Waals surface area contributed by atoms with Gasteiger partial charge in [0, 0.05) is 43.0 Å². The Hall–Kier alpha value is -4.78. The van der Waals surface area contributed by atoms with E-state index in [4.69, 9.17) is 0 Å². The Morgan fingerprint density at radius 2 is 1.98 bits per heavy atom. The lowest BCUT2D eigenvalue weighted by Crippen LogP contribution is -2.53. The van der Waals surface area contributed by atoms with Crippen LogP contribution in [0.3, 0.4) is 0 Å². The van der Waals surface area contributed by atoms with Gasteiger partial charge in [0.05, 0.1) is 17.0 Å². The maximum atomic E-state index is 14.0. The number of hydrogen-bond donors (Lipinski definition) is 2. The highest BCUT2D eigenvalue weighted by atomic mass is 16.2. The normalized spacial score (nSPS) is 20.2. The van der Waals surface area contributed by atoms with Crippen molar-refractivity contribution in [2.24, 2.45) is 5.92 Å². The Morgan fingerprint density at radius 1 is 1.20 bits per heavy atom. The van der Waals surface area contributed by atoms with E-state index in [9.17, 15) is 24.4 Å². The first kappa shape index (κ1) is 26.8. The van der Waals surface area contributed by atoms with Crippen molar-refractivity contribution in [2.75, 3.05) is 24.2 Å². The molecular formula is C30H30N6O4. The van der Waals surface area contributed by atoms with Crippen molar-refractivity contribution in [3.63, 3.8) is 0 Å². The van der Waals surface area contributed by atoms with Gasteiger partial charge in [0.25, 0.3) is 0 Å². The Labute approximate surface area is 232 Å². The highest BCUT2D eigenvalue weighted by molar-refractivity contribution is 6.40. The van der Waals surface area contributed by atoms with E-state index in [1.807, 2.05) is 38.1 Å². The van der Waals surface area contributed by atoms with Crippen LogP contribution in [0.1, 0.15) is 32.3 Å². The van der Waals surface area contributed by atoms with Gasteiger partial charge in [0.15, 0.2) is 0 Å². The number of hydrogen-bond acceptors (Lipinski definition) is 6. The lowest BCUT2D eigenvalue weighted by atomic mass is 9.80. The van der Waals surface area contributed by atoms with Crippen LogP contribution in [0, 0.1) is 17.2 Å². The molecule has 0 radical (unpaired) electrons. The maximum Gasteiger partial charge on any atom is 0.313 e. The molecule has 2 aromatic carbocycles. The van der Waals surface area contributed by atoms with Gasteiger partial charge in [-0.05, 0) is 48.2 Å². The molecule has 0 unspecified atom stereocenters. The van der Waals surface area contributed by atoms with Gasteiger partial charge in [-0.2, -0.15) is 5.26 Å². The molecule has 10 heteroatoms. The first-order valence-electron chi connectivity index (χ1n) is 13.2. The highest BCUT2D eigenvalue weighted by Crippen LogP contribution is 2.46. The summed E-state index contributed by atoms with van der Waals surface area (Å²) < 4.78 is 0. The Kier molecular flexibility index (Phi) is 6.98. The number of fused-ring (bicyclic) bond motifs is 3. The summed E-state index contributed by atoms with van der Waals surface area (Å²) in [5.74, 6) is -2.47. The van der Waals surface area contributed by atoms with E-state index < -0.39 is 35.2 Å². The van der Waals surface area contributed by atoms with Gasteiger partial charge >= 0.3 is 11.8 Å². The van der Waals surface area contributed by atoms with Crippen molar-refractivity contribution in [1.29, 1.82) is 5.26 Å². The van der Waals surface area contributed by atoms with Crippen molar-refractivity contribution in [2.45, 2.75) is 44.2 Å². The summed E-state index contributed by atoms with van der Waals surface area (Å²) in [5.41, 5.74) is 1.56. The van der Waals surface area contributed by atoms with Crippen LogP contribution in [-0.4, -0.2) is 64.1 Å². The molecule has 3 aromatic rings. The molecule has 1 saturated heterocycles. The number of benzene rings is 2. The number of nitriles is 1. The summed E-state index contributed by atoms with van der Waals surface area (Å²) in [7, 11) is 1.42. The summed E-state index contributed by atoms with van der Waals surface area (Å²) in [6, 6.07) is 16.3. The second kappa shape index (κ2) is 10.4. The molecule has 0 bridgehead atoms. The molecule has 2 aliphatic rings. The number of likely N-dealkylation sites (N-methyl/N-ethyl adjacent to an activating group) is 1. The molecule has 10 nitrogen and oxygen atoms in total. The predicted molar refractivity (Wildman–Crippen MR) is 149 cm³/mol. The predicted octanol–water partition coefficient (Wildman–Crippen LogP) is 3.06. The zero-order valence-electron chi connectivity index (χ0n) is 22.5. The van der Waals surface area contributed by atoms with Crippen molar-refractivity contribution >= 4 is 45.9 Å². The minimum atomic E-state index is -1.04. The molecule has 0 saturated carbocycles. The molecule has 1 aromatic heterocycles. The number of anilines is 2. The van der Waals surface area contributed by atoms with Crippen LogP contribution in [0.2, 0.25) is 0 Å². The smallest absolute Gasteiger partial charge is 0.313 e. The van der Waals surface area contributed by atoms with Crippen LogP contribution in [-0.2, 0) is 24.6 Å². The summed E-state index contributed by atoms with van der Waals surface area (Å²) in [6.45, 7) is 3.84. The number of nitrogens with one attached hydrogen (secondary N) is 2. The minimum Gasteiger partial charge on any atom is -0.325 e. The van der Waals surface area contributed by atoms with E-state index in [0.717, 1.165) is 21.4 Å². The van der Waals surface area contributed by atoms with Crippen LogP contribution < -0.4 is 10.6 Å². The van der Waals surface area contributed by atoms with E-state index in [1.165, 1.54) is 11.9 Å². The quantitative estimate of drug-likeness (QED) is 0.480. The molecule has 2 N–H and O–H groups in total. The third kappa shape index (κ3) is 4.64. The van der Waals surface area contributed by atoms with E-state index in [-0.39, 0.29) is 31.2 Å². The number of pyridine rings is 1. The minimum absolute atomic E-state index is 0.00727. The zero-order valence-corrected chi connectivity index (χ0v) is 22.5. The van der Waals surface area contributed by atoms with E-state index in [1.54, 1.807) is 36.5 Å². The van der Waals surface area contributed by atoms with Crippen LogP contribution >= 0.6 is 0 Å². The maximum absolute atomic E-state index is 14.0. The van der Waals surface area contributed by atoms with Gasteiger partial charge < -0.3 is 20.4 Å². The molecule has 1 spiro atoms. The Morgan fingerprint density at radius 3 is 2.73 bits per heavy atom. The van der Waals surface area contributed by atoms with Crippen molar-refractivity contribution in [3.8, 4) is 6.07 Å². The standard InChI is InChI=1S/C30H30N6O4/c1-18(2)13-25(35(3)28(39)26(37)33-20-10-11-23-19(14-20)7-6-12-32-23)27(38)36-17-30(15-21(36)16-31)22-8-4-5-9-24(22)34-29(30)40/h4-12,14,18,21,25H,13,15,17H2,1-3H3,(H,33,37)(H,34,40)/t21-,25-,30-/m0/s1. The fourth-order valence-electron chi connectivity index (χ4n) is 5.69. The average Bonchev–Trinajstić information content (AvgIpc) is 3.48. The fraction of sp³-hybridized carbons (Fsp3) is 0.333. The number of carbonyl (C=O) groups is 4. The number of amides is 4. The van der Waals surface area contributed by atoms with E-state index in [0.29, 0.717) is 11.4 Å². The fourth-order valence-corrected chi connectivity index (χ4v) is 5.69. The first-order chi connectivity index (χ1) is 19.1. The molecule has 2 aliphatic heterocycles.